The number of rotatable bonds is 7. The first kappa shape index (κ1) is 20.7. The quantitative estimate of drug-likeness (QED) is 0.502. The zero-order valence-corrected chi connectivity index (χ0v) is 18.5. The third-order valence-electron chi connectivity index (χ3n) is 5.05. The smallest absolute Gasteiger partial charge is 0.251 e. The molecule has 0 spiro atoms. The van der Waals surface area contributed by atoms with Gasteiger partial charge in [-0.15, -0.1) is 11.8 Å². The van der Waals surface area contributed by atoms with Crippen molar-refractivity contribution in [3.63, 3.8) is 0 Å². The minimum absolute atomic E-state index is 0.0133. The number of aromatic nitrogens is 3. The Morgan fingerprint density at radius 2 is 2.10 bits per heavy atom. The Hall–Kier alpha value is -2.58. The highest BCUT2D eigenvalue weighted by molar-refractivity contribution is 7.98. The first-order chi connectivity index (χ1) is 14.2. The Morgan fingerprint density at radius 3 is 2.73 bits per heavy atom. The third kappa shape index (κ3) is 4.44. The van der Waals surface area contributed by atoms with Crippen LogP contribution in [0.2, 0.25) is 0 Å². The highest BCUT2D eigenvalue weighted by atomic mass is 32.2. The fourth-order valence-corrected chi connectivity index (χ4v) is 3.65. The van der Waals surface area contributed by atoms with Crippen molar-refractivity contribution in [1.29, 1.82) is 0 Å². The lowest BCUT2D eigenvalue weighted by molar-refractivity contribution is 0.0940. The number of carbonyl (C=O) groups excluding carboxylic acids is 1. The fraction of sp³-hybridized carbons (Fsp3) is 0.409. The van der Waals surface area contributed by atoms with Gasteiger partial charge in [0.15, 0.2) is 5.65 Å². The summed E-state index contributed by atoms with van der Waals surface area (Å²) in [6.45, 7) is 5.86. The average Bonchev–Trinajstić information content (AvgIpc) is 3.40. The lowest BCUT2D eigenvalue weighted by atomic mass is 10.0. The largest absolute Gasteiger partial charge is 0.389 e. The molecule has 1 amide bonds. The molecule has 4 rings (SSSR count). The Labute approximate surface area is 180 Å². The summed E-state index contributed by atoms with van der Waals surface area (Å²) in [6.07, 6.45) is 5.90. The predicted octanol–water partition coefficient (Wildman–Crippen LogP) is 3.50. The second-order valence-electron chi connectivity index (χ2n) is 8.42. The molecule has 0 unspecified atom stereocenters. The molecule has 1 aromatic carbocycles. The van der Waals surface area contributed by atoms with Gasteiger partial charge in [0.2, 0.25) is 0 Å². The molecule has 0 radical (unpaired) electrons. The average molecular weight is 426 g/mol. The van der Waals surface area contributed by atoms with E-state index in [0.29, 0.717) is 23.8 Å². The molecular weight excluding hydrogens is 398 g/mol. The van der Waals surface area contributed by atoms with Gasteiger partial charge in [-0.25, -0.2) is 9.50 Å². The second-order valence-corrected chi connectivity index (χ2v) is 9.25. The molecule has 0 bridgehead atoms. The van der Waals surface area contributed by atoms with E-state index in [1.54, 1.807) is 31.8 Å². The van der Waals surface area contributed by atoms with Gasteiger partial charge >= 0.3 is 0 Å². The number of anilines is 1. The lowest BCUT2D eigenvalue weighted by Gasteiger charge is -2.19. The van der Waals surface area contributed by atoms with Crippen molar-refractivity contribution in [1.82, 2.24) is 19.9 Å². The summed E-state index contributed by atoms with van der Waals surface area (Å²) in [5.41, 5.74) is 4.09. The van der Waals surface area contributed by atoms with Gasteiger partial charge in [-0.05, 0) is 63.6 Å². The van der Waals surface area contributed by atoms with Crippen LogP contribution in [0, 0.1) is 6.92 Å². The molecule has 1 aliphatic carbocycles. The van der Waals surface area contributed by atoms with Gasteiger partial charge in [0.1, 0.15) is 5.03 Å². The molecule has 0 atom stereocenters. The second kappa shape index (κ2) is 7.92. The molecular formula is C22H27N5O2S. The van der Waals surface area contributed by atoms with Crippen molar-refractivity contribution in [2.24, 2.45) is 0 Å². The molecule has 7 nitrogen and oxygen atoms in total. The summed E-state index contributed by atoms with van der Waals surface area (Å²) >= 11 is 1.54. The van der Waals surface area contributed by atoms with Gasteiger partial charge in [-0.3, -0.25) is 4.79 Å². The van der Waals surface area contributed by atoms with Crippen LogP contribution in [0.1, 0.15) is 42.6 Å². The molecule has 30 heavy (non-hydrogen) atoms. The summed E-state index contributed by atoms with van der Waals surface area (Å²) in [7, 11) is 0. The Morgan fingerprint density at radius 1 is 1.33 bits per heavy atom. The molecule has 3 N–H and O–H groups in total. The van der Waals surface area contributed by atoms with Gasteiger partial charge in [-0.1, -0.05) is 6.07 Å². The topological polar surface area (TPSA) is 91.5 Å². The Kier molecular flexibility index (Phi) is 5.46. The van der Waals surface area contributed by atoms with Gasteiger partial charge in [-0.2, -0.15) is 5.10 Å². The van der Waals surface area contributed by atoms with Crippen LogP contribution in [0.4, 0.5) is 5.69 Å². The third-order valence-corrected chi connectivity index (χ3v) is 5.66. The summed E-state index contributed by atoms with van der Waals surface area (Å²) in [6, 6.07) is 8.09. The monoisotopic (exact) mass is 425 g/mol. The molecule has 2 heterocycles. The van der Waals surface area contributed by atoms with Crippen molar-refractivity contribution in [3.8, 4) is 11.3 Å². The van der Waals surface area contributed by atoms with E-state index in [0.717, 1.165) is 40.4 Å². The molecule has 2 aromatic heterocycles. The van der Waals surface area contributed by atoms with Gasteiger partial charge in [0.05, 0.1) is 23.2 Å². The summed E-state index contributed by atoms with van der Waals surface area (Å²) in [4.78, 5) is 17.0. The van der Waals surface area contributed by atoms with E-state index in [1.807, 2.05) is 42.0 Å². The van der Waals surface area contributed by atoms with Crippen molar-refractivity contribution in [2.75, 3.05) is 18.1 Å². The predicted molar refractivity (Wildman–Crippen MR) is 120 cm³/mol. The van der Waals surface area contributed by atoms with Gasteiger partial charge in [0.25, 0.3) is 5.91 Å². The maximum Gasteiger partial charge on any atom is 0.251 e. The number of imidazole rings is 1. The van der Waals surface area contributed by atoms with Crippen LogP contribution in [0.25, 0.3) is 16.9 Å². The number of carbonyl (C=O) groups is 1. The van der Waals surface area contributed by atoms with E-state index in [4.69, 9.17) is 5.10 Å². The van der Waals surface area contributed by atoms with E-state index in [-0.39, 0.29) is 5.91 Å². The van der Waals surface area contributed by atoms with Crippen LogP contribution >= 0.6 is 11.8 Å². The van der Waals surface area contributed by atoms with E-state index in [2.05, 4.69) is 15.6 Å². The maximum absolute atomic E-state index is 12.4. The van der Waals surface area contributed by atoms with Crippen molar-refractivity contribution < 1.29 is 9.90 Å². The van der Waals surface area contributed by atoms with Crippen molar-refractivity contribution in [3.05, 3.63) is 41.6 Å². The van der Waals surface area contributed by atoms with Crippen LogP contribution in [-0.4, -0.2) is 50.1 Å². The van der Waals surface area contributed by atoms with Crippen LogP contribution in [-0.2, 0) is 0 Å². The van der Waals surface area contributed by atoms with E-state index in [9.17, 15) is 9.90 Å². The molecule has 158 valence electrons. The number of fused-ring (bicyclic) bond motifs is 1. The van der Waals surface area contributed by atoms with Gasteiger partial charge < -0.3 is 15.7 Å². The first-order valence-electron chi connectivity index (χ1n) is 10.1. The van der Waals surface area contributed by atoms with Crippen LogP contribution in [0.5, 0.6) is 0 Å². The van der Waals surface area contributed by atoms with E-state index >= 15 is 0 Å². The van der Waals surface area contributed by atoms with Crippen molar-refractivity contribution >= 4 is 29.0 Å². The summed E-state index contributed by atoms with van der Waals surface area (Å²) < 4.78 is 1.82. The van der Waals surface area contributed by atoms with Crippen molar-refractivity contribution in [2.45, 2.75) is 50.3 Å². The van der Waals surface area contributed by atoms with E-state index < -0.39 is 5.60 Å². The van der Waals surface area contributed by atoms with Crippen LogP contribution in [0.15, 0.2) is 35.5 Å². The minimum atomic E-state index is -0.844. The summed E-state index contributed by atoms with van der Waals surface area (Å²) in [5.74, 6) is -0.0133. The van der Waals surface area contributed by atoms with E-state index in [1.165, 1.54) is 0 Å². The zero-order valence-electron chi connectivity index (χ0n) is 17.7. The normalized spacial score (nSPS) is 14.2. The number of amides is 1. The number of hydrogen-bond acceptors (Lipinski definition) is 6. The number of nitrogens with zero attached hydrogens (tertiary/aromatic N) is 3. The number of benzene rings is 1. The number of nitrogens with one attached hydrogen (secondary N) is 2. The SMILES string of the molecule is CSc1cc(NCC(C)(C)O)c2ncc(-c3ccc(C(=O)NC4CC4)c(C)c3)n2n1. The highest BCUT2D eigenvalue weighted by Crippen LogP contribution is 2.29. The lowest BCUT2D eigenvalue weighted by Crippen LogP contribution is -2.29. The minimum Gasteiger partial charge on any atom is -0.389 e. The number of aliphatic hydroxyl groups is 1. The Bertz CT molecular complexity index is 1100. The highest BCUT2D eigenvalue weighted by Gasteiger charge is 2.24. The fourth-order valence-electron chi connectivity index (χ4n) is 3.25. The molecule has 0 aliphatic heterocycles. The standard InChI is InChI=1S/C22H27N5O2S/c1-13-9-14(5-8-16(13)21(28)25-15-6-7-15)18-11-23-20-17(24-12-22(2,3)29)10-19(30-4)26-27(18)20/h5,8-11,15,24,29H,6-7,12H2,1-4H3,(H,25,28). The molecule has 1 aliphatic rings. The molecule has 8 heteroatoms. The first-order valence-corrected chi connectivity index (χ1v) is 11.3. The van der Waals surface area contributed by atoms with Crippen LogP contribution < -0.4 is 10.6 Å². The maximum atomic E-state index is 12.4. The number of thioether (sulfide) groups is 1. The number of aryl methyl sites for hydroxylation is 1. The zero-order chi connectivity index (χ0) is 21.5. The molecule has 3 aromatic rings. The number of hydrogen-bond donors (Lipinski definition) is 3. The molecule has 1 saturated carbocycles. The molecule has 1 fully saturated rings. The Balaban J connectivity index is 1.70. The van der Waals surface area contributed by atoms with Crippen LogP contribution in [0.3, 0.4) is 0 Å². The summed E-state index contributed by atoms with van der Waals surface area (Å²) in [5, 5.41) is 22.0. The van der Waals surface area contributed by atoms with Gasteiger partial charge in [0, 0.05) is 23.7 Å². The molecule has 0 saturated heterocycles.